The van der Waals surface area contributed by atoms with Crippen LogP contribution in [-0.4, -0.2) is 76.3 Å². The molecule has 1 aliphatic rings. The van der Waals surface area contributed by atoms with Gasteiger partial charge in [0.1, 0.15) is 0 Å². The third kappa shape index (κ3) is 6.85. The highest BCUT2D eigenvalue weighted by molar-refractivity contribution is 5.87. The summed E-state index contributed by atoms with van der Waals surface area (Å²) in [4.78, 5) is 29.8. The number of ether oxygens (including phenoxy) is 2. The van der Waals surface area contributed by atoms with Crippen LogP contribution in [0.4, 0.5) is 0 Å². The largest absolute Gasteiger partial charge is 0.466 e. The summed E-state index contributed by atoms with van der Waals surface area (Å²) in [5, 5.41) is 5.76. The number of nitrogens with zero attached hydrogens (tertiary/aromatic N) is 2. The average molecular weight is 328 g/mol. The monoisotopic (exact) mass is 328 g/mol. The van der Waals surface area contributed by atoms with Crippen LogP contribution in [0, 0.1) is 5.92 Å². The van der Waals surface area contributed by atoms with Crippen LogP contribution in [0.2, 0.25) is 0 Å². The maximum Gasteiger partial charge on any atom is 0.310 e. The van der Waals surface area contributed by atoms with Crippen molar-refractivity contribution in [2.45, 2.75) is 19.8 Å². The van der Waals surface area contributed by atoms with Crippen LogP contribution >= 0.6 is 0 Å². The number of esters is 1. The van der Waals surface area contributed by atoms with Gasteiger partial charge < -0.3 is 25.0 Å². The predicted molar refractivity (Wildman–Crippen MR) is 87.2 cm³/mol. The van der Waals surface area contributed by atoms with E-state index in [1.807, 2.05) is 4.90 Å². The molecule has 23 heavy (non-hydrogen) atoms. The Bertz CT molecular complexity index is 414. The number of carbonyl (C=O) groups excluding carboxylic acids is 2. The Kier molecular flexibility index (Phi) is 9.04. The summed E-state index contributed by atoms with van der Waals surface area (Å²) in [7, 11) is 3.25. The number of piperidine rings is 1. The number of nitrogens with one attached hydrogen (secondary N) is 2. The van der Waals surface area contributed by atoms with Crippen molar-refractivity contribution < 1.29 is 19.1 Å². The van der Waals surface area contributed by atoms with Crippen molar-refractivity contribution in [3.05, 3.63) is 0 Å². The minimum atomic E-state index is -0.162. The van der Waals surface area contributed by atoms with Gasteiger partial charge in [0, 0.05) is 33.8 Å². The summed E-state index contributed by atoms with van der Waals surface area (Å²) in [5.41, 5.74) is 0. The van der Waals surface area contributed by atoms with E-state index < -0.39 is 0 Å². The minimum absolute atomic E-state index is 0.123. The van der Waals surface area contributed by atoms with E-state index in [9.17, 15) is 9.59 Å². The van der Waals surface area contributed by atoms with Crippen LogP contribution in [0.15, 0.2) is 4.99 Å². The second kappa shape index (κ2) is 10.8. The highest BCUT2D eigenvalue weighted by atomic mass is 16.5. The van der Waals surface area contributed by atoms with Crippen LogP contribution in [-0.2, 0) is 19.1 Å². The molecule has 1 rings (SSSR count). The van der Waals surface area contributed by atoms with Gasteiger partial charge in [-0.25, -0.2) is 0 Å². The zero-order valence-corrected chi connectivity index (χ0v) is 14.3. The quantitative estimate of drug-likeness (QED) is 0.286. The Balaban J connectivity index is 2.44. The van der Waals surface area contributed by atoms with E-state index in [1.165, 1.54) is 0 Å². The van der Waals surface area contributed by atoms with Gasteiger partial charge in [-0.05, 0) is 19.8 Å². The Morgan fingerprint density at radius 3 is 2.78 bits per heavy atom. The Morgan fingerprint density at radius 2 is 2.13 bits per heavy atom. The number of hydrogen-bond donors (Lipinski definition) is 2. The number of carbonyl (C=O) groups is 2. The van der Waals surface area contributed by atoms with E-state index >= 15 is 0 Å². The lowest BCUT2D eigenvalue weighted by atomic mass is 9.98. The lowest BCUT2D eigenvalue weighted by Crippen LogP contribution is -2.50. The number of amides is 1. The highest BCUT2D eigenvalue weighted by Gasteiger charge is 2.28. The van der Waals surface area contributed by atoms with Gasteiger partial charge >= 0.3 is 5.97 Å². The summed E-state index contributed by atoms with van der Waals surface area (Å²) in [5.74, 6) is 0.200. The third-order valence-corrected chi connectivity index (χ3v) is 3.59. The van der Waals surface area contributed by atoms with Gasteiger partial charge in [0.25, 0.3) is 0 Å². The molecule has 1 amide bonds. The molecule has 0 aromatic carbocycles. The van der Waals surface area contributed by atoms with Crippen LogP contribution in [0.3, 0.4) is 0 Å². The van der Waals surface area contributed by atoms with Crippen molar-refractivity contribution in [2.24, 2.45) is 10.9 Å². The molecular formula is C15H28N4O4. The summed E-state index contributed by atoms with van der Waals surface area (Å²) < 4.78 is 9.97. The summed E-state index contributed by atoms with van der Waals surface area (Å²) >= 11 is 0. The molecule has 0 saturated carbocycles. The van der Waals surface area contributed by atoms with Crippen molar-refractivity contribution in [1.29, 1.82) is 0 Å². The zero-order chi connectivity index (χ0) is 17.1. The Labute approximate surface area is 137 Å². The lowest BCUT2D eigenvalue weighted by Gasteiger charge is -2.33. The molecule has 1 heterocycles. The van der Waals surface area contributed by atoms with Crippen molar-refractivity contribution >= 4 is 17.8 Å². The standard InChI is InChI=1S/C15H28N4O4/c1-4-23-14(21)12-6-5-8-19(11-12)15(16-2)18-10-13(20)17-7-9-22-3/h12H,4-11H2,1-3H3,(H,16,18)(H,17,20). The first-order valence-electron chi connectivity index (χ1n) is 8.00. The van der Waals surface area contributed by atoms with Crippen molar-refractivity contribution in [1.82, 2.24) is 15.5 Å². The van der Waals surface area contributed by atoms with Crippen LogP contribution in [0.1, 0.15) is 19.8 Å². The SMILES string of the molecule is CCOC(=O)C1CCCN(C(=NC)NCC(=O)NCCOC)C1. The minimum Gasteiger partial charge on any atom is -0.466 e. The van der Waals surface area contributed by atoms with Gasteiger partial charge in [0.2, 0.25) is 5.91 Å². The zero-order valence-electron chi connectivity index (χ0n) is 14.3. The number of aliphatic imine (C=N–C) groups is 1. The first-order valence-corrected chi connectivity index (χ1v) is 8.00. The summed E-state index contributed by atoms with van der Waals surface area (Å²) in [6.07, 6.45) is 1.72. The van der Waals surface area contributed by atoms with Crippen LogP contribution in [0.25, 0.3) is 0 Å². The topological polar surface area (TPSA) is 92.3 Å². The van der Waals surface area contributed by atoms with E-state index in [-0.39, 0.29) is 24.3 Å². The van der Waals surface area contributed by atoms with E-state index in [0.717, 1.165) is 19.4 Å². The smallest absolute Gasteiger partial charge is 0.310 e. The first kappa shape index (κ1) is 19.2. The summed E-state index contributed by atoms with van der Waals surface area (Å²) in [6, 6.07) is 0. The average Bonchev–Trinajstić information content (AvgIpc) is 2.56. The molecule has 132 valence electrons. The highest BCUT2D eigenvalue weighted by Crippen LogP contribution is 2.17. The molecule has 2 N–H and O–H groups in total. The number of hydrogen-bond acceptors (Lipinski definition) is 5. The maximum absolute atomic E-state index is 11.9. The molecule has 8 nitrogen and oxygen atoms in total. The molecule has 1 unspecified atom stereocenters. The molecule has 0 spiro atoms. The Morgan fingerprint density at radius 1 is 1.35 bits per heavy atom. The summed E-state index contributed by atoms with van der Waals surface area (Å²) in [6.45, 7) is 4.66. The molecule has 8 heteroatoms. The molecule has 1 aliphatic heterocycles. The first-order chi connectivity index (χ1) is 11.1. The molecule has 0 aliphatic carbocycles. The lowest BCUT2D eigenvalue weighted by molar-refractivity contribution is -0.149. The van der Waals surface area contributed by atoms with Gasteiger partial charge in [-0.2, -0.15) is 0 Å². The van der Waals surface area contributed by atoms with Crippen molar-refractivity contribution in [3.8, 4) is 0 Å². The van der Waals surface area contributed by atoms with Crippen LogP contribution in [0.5, 0.6) is 0 Å². The molecular weight excluding hydrogens is 300 g/mol. The van der Waals surface area contributed by atoms with Gasteiger partial charge in [0.15, 0.2) is 5.96 Å². The van der Waals surface area contributed by atoms with Gasteiger partial charge in [-0.1, -0.05) is 0 Å². The molecule has 1 fully saturated rings. The van der Waals surface area contributed by atoms with E-state index in [4.69, 9.17) is 9.47 Å². The second-order valence-corrected chi connectivity index (χ2v) is 5.28. The number of guanidine groups is 1. The maximum atomic E-state index is 11.9. The van der Waals surface area contributed by atoms with Gasteiger partial charge in [-0.3, -0.25) is 14.6 Å². The fourth-order valence-corrected chi connectivity index (χ4v) is 2.47. The third-order valence-electron chi connectivity index (χ3n) is 3.59. The second-order valence-electron chi connectivity index (χ2n) is 5.28. The normalized spacial score (nSPS) is 18.5. The number of methoxy groups -OCH3 is 1. The van der Waals surface area contributed by atoms with Crippen molar-refractivity contribution in [2.75, 3.05) is 53.6 Å². The fraction of sp³-hybridized carbons (Fsp3) is 0.800. The Hall–Kier alpha value is -1.83. The molecule has 1 atom stereocenters. The van der Waals surface area contributed by atoms with Gasteiger partial charge in [0.05, 0.1) is 25.7 Å². The van der Waals surface area contributed by atoms with E-state index in [1.54, 1.807) is 21.1 Å². The number of rotatable bonds is 7. The molecule has 0 bridgehead atoms. The van der Waals surface area contributed by atoms with Gasteiger partial charge in [-0.15, -0.1) is 0 Å². The fourth-order valence-electron chi connectivity index (χ4n) is 2.47. The number of likely N-dealkylation sites (tertiary alicyclic amines) is 1. The molecule has 0 aromatic heterocycles. The van der Waals surface area contributed by atoms with Crippen molar-refractivity contribution in [3.63, 3.8) is 0 Å². The molecule has 0 aromatic rings. The predicted octanol–water partition coefficient (Wildman–Crippen LogP) is -0.400. The van der Waals surface area contributed by atoms with E-state index in [0.29, 0.717) is 32.3 Å². The van der Waals surface area contributed by atoms with Crippen LogP contribution < -0.4 is 10.6 Å². The van der Waals surface area contributed by atoms with E-state index in [2.05, 4.69) is 15.6 Å². The molecule has 1 saturated heterocycles. The molecule has 0 radical (unpaired) electrons.